The molecule has 0 saturated heterocycles. The van der Waals surface area contributed by atoms with Gasteiger partial charge in [0.15, 0.2) is 0 Å². The Morgan fingerprint density at radius 2 is 1.53 bits per heavy atom. The topological polar surface area (TPSA) is 53.7 Å². The first-order valence-electron chi connectivity index (χ1n) is 10.5. The van der Waals surface area contributed by atoms with Crippen molar-refractivity contribution in [3.63, 3.8) is 0 Å². The summed E-state index contributed by atoms with van der Waals surface area (Å²) in [5.41, 5.74) is 13.1. The molecule has 0 amide bonds. The number of hydrogen-bond donors (Lipinski definition) is 1. The van der Waals surface area contributed by atoms with E-state index in [-0.39, 0.29) is 0 Å². The molecule has 1 aliphatic heterocycles. The quantitative estimate of drug-likeness (QED) is 0.377. The van der Waals surface area contributed by atoms with Crippen molar-refractivity contribution in [1.82, 2.24) is 0 Å². The standard InChI is InChI=1S/C26H29NO3/c1-17(2)20-7-9-24(10-8-20)30-26-11-4-19(13-25(26)27)12-18(3)21-5-6-22-15-28-29-16-23(22)14-21/h4-11,13-14,17-18H,12,15-16,27H2,1-3H3. The van der Waals surface area contributed by atoms with E-state index in [1.54, 1.807) is 0 Å². The second kappa shape index (κ2) is 8.90. The van der Waals surface area contributed by atoms with Crippen LogP contribution >= 0.6 is 0 Å². The molecule has 1 heterocycles. The van der Waals surface area contributed by atoms with E-state index in [1.807, 2.05) is 24.3 Å². The van der Waals surface area contributed by atoms with Gasteiger partial charge in [0.2, 0.25) is 0 Å². The van der Waals surface area contributed by atoms with Crippen LogP contribution in [0.2, 0.25) is 0 Å². The van der Waals surface area contributed by atoms with Crippen LogP contribution in [0, 0.1) is 0 Å². The largest absolute Gasteiger partial charge is 0.455 e. The fourth-order valence-corrected chi connectivity index (χ4v) is 3.77. The molecule has 1 aliphatic rings. The maximum Gasteiger partial charge on any atom is 0.150 e. The Labute approximate surface area is 178 Å². The summed E-state index contributed by atoms with van der Waals surface area (Å²) in [5.74, 6) is 2.36. The maximum atomic E-state index is 6.30. The first kappa shape index (κ1) is 20.5. The number of benzene rings is 3. The molecular weight excluding hydrogens is 374 g/mol. The Hall–Kier alpha value is -2.82. The van der Waals surface area contributed by atoms with E-state index in [2.05, 4.69) is 57.2 Å². The van der Waals surface area contributed by atoms with Crippen LogP contribution in [-0.4, -0.2) is 0 Å². The first-order valence-corrected chi connectivity index (χ1v) is 10.5. The van der Waals surface area contributed by atoms with Crippen molar-refractivity contribution in [2.24, 2.45) is 0 Å². The summed E-state index contributed by atoms with van der Waals surface area (Å²) in [5, 5.41) is 0. The van der Waals surface area contributed by atoms with Gasteiger partial charge in [-0.05, 0) is 70.3 Å². The third-order valence-electron chi connectivity index (χ3n) is 5.70. The van der Waals surface area contributed by atoms with Gasteiger partial charge in [-0.15, -0.1) is 0 Å². The Morgan fingerprint density at radius 1 is 0.833 bits per heavy atom. The predicted octanol–water partition coefficient (Wildman–Crippen LogP) is 6.49. The SMILES string of the molecule is CC(C)c1ccc(Oc2ccc(CC(C)c3ccc4c(c3)COOC4)cc2N)cc1. The third-order valence-corrected chi connectivity index (χ3v) is 5.70. The second-order valence-electron chi connectivity index (χ2n) is 8.36. The van der Waals surface area contributed by atoms with Gasteiger partial charge in [-0.1, -0.05) is 57.2 Å². The van der Waals surface area contributed by atoms with E-state index < -0.39 is 0 Å². The summed E-state index contributed by atoms with van der Waals surface area (Å²) in [6.07, 6.45) is 0.906. The van der Waals surface area contributed by atoms with Gasteiger partial charge in [-0.25, -0.2) is 9.78 Å². The molecule has 4 nitrogen and oxygen atoms in total. The summed E-state index contributed by atoms with van der Waals surface area (Å²) in [6, 6.07) is 20.8. The van der Waals surface area contributed by atoms with Crippen molar-refractivity contribution in [1.29, 1.82) is 0 Å². The van der Waals surface area contributed by atoms with Gasteiger partial charge < -0.3 is 10.5 Å². The molecule has 0 spiro atoms. The van der Waals surface area contributed by atoms with Crippen LogP contribution < -0.4 is 10.5 Å². The van der Waals surface area contributed by atoms with Crippen LogP contribution in [0.5, 0.6) is 11.5 Å². The Morgan fingerprint density at radius 3 is 2.23 bits per heavy atom. The van der Waals surface area contributed by atoms with Crippen molar-refractivity contribution < 1.29 is 14.5 Å². The zero-order chi connectivity index (χ0) is 21.1. The Bertz CT molecular complexity index is 1010. The molecule has 0 bridgehead atoms. The van der Waals surface area contributed by atoms with E-state index in [4.69, 9.17) is 20.2 Å². The van der Waals surface area contributed by atoms with Gasteiger partial charge in [-0.2, -0.15) is 0 Å². The number of fused-ring (bicyclic) bond motifs is 1. The minimum absolute atomic E-state index is 0.368. The highest BCUT2D eigenvalue weighted by molar-refractivity contribution is 5.56. The highest BCUT2D eigenvalue weighted by atomic mass is 17.2. The van der Waals surface area contributed by atoms with Gasteiger partial charge in [0.05, 0.1) is 5.69 Å². The average molecular weight is 404 g/mol. The second-order valence-corrected chi connectivity index (χ2v) is 8.36. The predicted molar refractivity (Wildman–Crippen MR) is 120 cm³/mol. The van der Waals surface area contributed by atoms with E-state index in [9.17, 15) is 0 Å². The molecule has 3 aromatic carbocycles. The van der Waals surface area contributed by atoms with Crippen molar-refractivity contribution in [3.05, 3.63) is 88.5 Å². The Kier molecular flexibility index (Phi) is 6.07. The van der Waals surface area contributed by atoms with Crippen LogP contribution in [-0.2, 0) is 29.4 Å². The van der Waals surface area contributed by atoms with Crippen LogP contribution in [0.25, 0.3) is 0 Å². The number of nitrogen functional groups attached to an aromatic ring is 1. The summed E-state index contributed by atoms with van der Waals surface area (Å²) in [4.78, 5) is 10.2. The lowest BCUT2D eigenvalue weighted by Crippen LogP contribution is -2.09. The number of nitrogens with two attached hydrogens (primary N) is 1. The van der Waals surface area contributed by atoms with E-state index in [0.717, 1.165) is 12.2 Å². The van der Waals surface area contributed by atoms with Crippen molar-refractivity contribution in [2.75, 3.05) is 5.73 Å². The fraction of sp³-hybridized carbons (Fsp3) is 0.308. The highest BCUT2D eigenvalue weighted by Crippen LogP contribution is 2.31. The smallest absolute Gasteiger partial charge is 0.150 e. The zero-order valence-corrected chi connectivity index (χ0v) is 17.9. The molecule has 3 aromatic rings. The molecule has 1 atom stereocenters. The lowest BCUT2D eigenvalue weighted by molar-refractivity contribution is -0.322. The normalized spacial score (nSPS) is 14.4. The molecule has 0 aliphatic carbocycles. The summed E-state index contributed by atoms with van der Waals surface area (Å²) < 4.78 is 6.00. The molecule has 0 radical (unpaired) electrons. The molecule has 1 unspecified atom stereocenters. The van der Waals surface area contributed by atoms with Crippen LogP contribution in [0.1, 0.15) is 60.4 Å². The minimum atomic E-state index is 0.368. The Balaban J connectivity index is 1.44. The lowest BCUT2D eigenvalue weighted by atomic mass is 9.91. The number of anilines is 1. The summed E-state index contributed by atoms with van der Waals surface area (Å²) in [6.45, 7) is 7.62. The van der Waals surface area contributed by atoms with Crippen LogP contribution in [0.4, 0.5) is 5.69 Å². The van der Waals surface area contributed by atoms with E-state index in [1.165, 1.54) is 27.8 Å². The van der Waals surface area contributed by atoms with E-state index >= 15 is 0 Å². The van der Waals surface area contributed by atoms with E-state index in [0.29, 0.717) is 36.5 Å². The molecule has 0 saturated carbocycles. The molecule has 30 heavy (non-hydrogen) atoms. The fourth-order valence-electron chi connectivity index (χ4n) is 3.77. The number of rotatable bonds is 6. The molecule has 0 fully saturated rings. The molecule has 4 heteroatoms. The van der Waals surface area contributed by atoms with Crippen molar-refractivity contribution in [2.45, 2.75) is 52.2 Å². The summed E-state index contributed by atoms with van der Waals surface area (Å²) >= 11 is 0. The molecule has 4 rings (SSSR count). The maximum absolute atomic E-state index is 6.30. The number of hydrogen-bond acceptors (Lipinski definition) is 4. The molecular formula is C26H29NO3. The van der Waals surface area contributed by atoms with Crippen LogP contribution in [0.15, 0.2) is 60.7 Å². The van der Waals surface area contributed by atoms with Gasteiger partial charge in [0.25, 0.3) is 0 Å². The monoisotopic (exact) mass is 403 g/mol. The molecule has 0 aromatic heterocycles. The van der Waals surface area contributed by atoms with Gasteiger partial charge in [-0.3, -0.25) is 0 Å². The zero-order valence-electron chi connectivity index (χ0n) is 17.9. The molecule has 2 N–H and O–H groups in total. The lowest BCUT2D eigenvalue weighted by Gasteiger charge is -2.19. The van der Waals surface area contributed by atoms with Crippen LogP contribution in [0.3, 0.4) is 0 Å². The van der Waals surface area contributed by atoms with Gasteiger partial charge in [0.1, 0.15) is 24.7 Å². The van der Waals surface area contributed by atoms with Crippen molar-refractivity contribution in [3.8, 4) is 11.5 Å². The minimum Gasteiger partial charge on any atom is -0.455 e. The van der Waals surface area contributed by atoms with Gasteiger partial charge in [0, 0.05) is 0 Å². The average Bonchev–Trinajstić information content (AvgIpc) is 2.75. The van der Waals surface area contributed by atoms with Crippen molar-refractivity contribution >= 4 is 5.69 Å². The summed E-state index contributed by atoms with van der Waals surface area (Å²) in [7, 11) is 0. The highest BCUT2D eigenvalue weighted by Gasteiger charge is 2.14. The van der Waals surface area contributed by atoms with Gasteiger partial charge >= 0.3 is 0 Å². The third kappa shape index (κ3) is 4.66. The first-order chi connectivity index (χ1) is 14.5. The number of ether oxygens (including phenoxy) is 1. The molecule has 156 valence electrons.